The molecule has 1 aromatic heterocycles. The highest BCUT2D eigenvalue weighted by Crippen LogP contribution is 2.28. The Morgan fingerprint density at radius 1 is 1.33 bits per heavy atom. The van der Waals surface area contributed by atoms with Crippen molar-refractivity contribution in [3.63, 3.8) is 0 Å². The van der Waals surface area contributed by atoms with Gasteiger partial charge in [0.2, 0.25) is 0 Å². The van der Waals surface area contributed by atoms with Gasteiger partial charge in [0.1, 0.15) is 6.10 Å². The first kappa shape index (κ1) is 12.8. The van der Waals surface area contributed by atoms with Crippen molar-refractivity contribution in [2.24, 2.45) is 0 Å². The summed E-state index contributed by atoms with van der Waals surface area (Å²) < 4.78 is 18.8. The fourth-order valence-electron chi connectivity index (χ4n) is 1.60. The minimum atomic E-state index is -1.16. The van der Waals surface area contributed by atoms with Crippen LogP contribution in [0.4, 0.5) is 4.39 Å². The smallest absolute Gasteiger partial charge is 0.171 e. The Labute approximate surface area is 109 Å². The fourth-order valence-corrected chi connectivity index (χ4v) is 1.72. The van der Waals surface area contributed by atoms with Crippen molar-refractivity contribution in [3.8, 4) is 5.75 Å². The quantitative estimate of drug-likeness (QED) is 0.930. The zero-order valence-corrected chi connectivity index (χ0v) is 10.4. The Morgan fingerprint density at radius 2 is 2.11 bits per heavy atom. The number of aliphatic hydroxyl groups is 1. The van der Waals surface area contributed by atoms with Gasteiger partial charge in [0.15, 0.2) is 11.6 Å². The molecule has 3 nitrogen and oxygen atoms in total. The fraction of sp³-hybridized carbons (Fsp3) is 0.154. The third-order valence-electron chi connectivity index (χ3n) is 2.54. The van der Waals surface area contributed by atoms with Crippen LogP contribution < -0.4 is 4.74 Å². The van der Waals surface area contributed by atoms with E-state index in [1.165, 1.54) is 25.4 Å². The summed E-state index contributed by atoms with van der Waals surface area (Å²) >= 11 is 5.70. The molecule has 0 spiro atoms. The van der Waals surface area contributed by atoms with Crippen LogP contribution in [0.3, 0.4) is 0 Å². The summed E-state index contributed by atoms with van der Waals surface area (Å²) in [5, 5.41) is 10.5. The molecule has 0 fully saturated rings. The van der Waals surface area contributed by atoms with Crippen LogP contribution >= 0.6 is 11.6 Å². The van der Waals surface area contributed by atoms with Gasteiger partial charge in [-0.2, -0.15) is 0 Å². The molecule has 2 aromatic rings. The second kappa shape index (κ2) is 5.33. The monoisotopic (exact) mass is 267 g/mol. The standard InChI is InChI=1S/C13H11ClFNO2/c1-18-11-4-2-3-9(12(11)15)13(17)10-6-5-8(14)7-16-10/h2-7,13,17H,1H3. The molecule has 18 heavy (non-hydrogen) atoms. The zero-order chi connectivity index (χ0) is 13.1. The Bertz CT molecular complexity index is 545. The van der Waals surface area contributed by atoms with Gasteiger partial charge in [0.05, 0.1) is 17.8 Å². The molecule has 0 amide bonds. The largest absolute Gasteiger partial charge is 0.494 e. The molecule has 1 N–H and O–H groups in total. The van der Waals surface area contributed by atoms with E-state index in [1.54, 1.807) is 18.2 Å². The summed E-state index contributed by atoms with van der Waals surface area (Å²) in [7, 11) is 1.37. The van der Waals surface area contributed by atoms with Crippen LogP contribution in [-0.2, 0) is 0 Å². The molecule has 0 aliphatic carbocycles. The van der Waals surface area contributed by atoms with E-state index in [1.807, 2.05) is 0 Å². The maximum atomic E-state index is 13.9. The minimum Gasteiger partial charge on any atom is -0.494 e. The Morgan fingerprint density at radius 3 is 2.72 bits per heavy atom. The van der Waals surface area contributed by atoms with Crippen LogP contribution in [0.25, 0.3) is 0 Å². The van der Waals surface area contributed by atoms with E-state index < -0.39 is 11.9 Å². The van der Waals surface area contributed by atoms with Gasteiger partial charge in [-0.25, -0.2) is 4.39 Å². The molecule has 0 saturated heterocycles. The van der Waals surface area contributed by atoms with E-state index in [2.05, 4.69) is 4.98 Å². The molecule has 2 rings (SSSR count). The maximum Gasteiger partial charge on any atom is 0.171 e. The van der Waals surface area contributed by atoms with Gasteiger partial charge in [-0.05, 0) is 18.2 Å². The molecule has 0 aliphatic rings. The molecule has 5 heteroatoms. The number of hydrogen-bond acceptors (Lipinski definition) is 3. The molecule has 94 valence electrons. The lowest BCUT2D eigenvalue weighted by molar-refractivity contribution is 0.208. The molecule has 1 heterocycles. The second-order valence-corrected chi connectivity index (χ2v) is 4.10. The lowest BCUT2D eigenvalue weighted by atomic mass is 10.0. The van der Waals surface area contributed by atoms with Crippen molar-refractivity contribution < 1.29 is 14.2 Å². The first-order valence-electron chi connectivity index (χ1n) is 5.25. The zero-order valence-electron chi connectivity index (χ0n) is 9.60. The molecule has 0 bridgehead atoms. The average Bonchev–Trinajstić information content (AvgIpc) is 2.39. The van der Waals surface area contributed by atoms with Crippen molar-refractivity contribution in [3.05, 3.63) is 58.6 Å². The van der Waals surface area contributed by atoms with Crippen LogP contribution in [0.1, 0.15) is 17.4 Å². The van der Waals surface area contributed by atoms with Crippen molar-refractivity contribution in [2.75, 3.05) is 7.11 Å². The Balaban J connectivity index is 2.39. The van der Waals surface area contributed by atoms with Crippen LogP contribution in [-0.4, -0.2) is 17.2 Å². The normalized spacial score (nSPS) is 12.2. The number of hydrogen-bond donors (Lipinski definition) is 1. The van der Waals surface area contributed by atoms with Gasteiger partial charge in [0.25, 0.3) is 0 Å². The topological polar surface area (TPSA) is 42.4 Å². The van der Waals surface area contributed by atoms with Crippen LogP contribution in [0.5, 0.6) is 5.75 Å². The Kier molecular flexibility index (Phi) is 3.79. The van der Waals surface area contributed by atoms with Crippen molar-refractivity contribution in [1.82, 2.24) is 4.98 Å². The van der Waals surface area contributed by atoms with Gasteiger partial charge in [0, 0.05) is 11.8 Å². The number of methoxy groups -OCH3 is 1. The SMILES string of the molecule is COc1cccc(C(O)c2ccc(Cl)cn2)c1F. The van der Waals surface area contributed by atoms with Crippen molar-refractivity contribution in [1.29, 1.82) is 0 Å². The number of benzene rings is 1. The number of aliphatic hydroxyl groups excluding tert-OH is 1. The number of nitrogens with zero attached hydrogens (tertiary/aromatic N) is 1. The Hall–Kier alpha value is -1.65. The van der Waals surface area contributed by atoms with E-state index in [0.717, 1.165) is 0 Å². The number of halogens is 2. The highest BCUT2D eigenvalue weighted by molar-refractivity contribution is 6.30. The number of aromatic nitrogens is 1. The first-order chi connectivity index (χ1) is 8.63. The minimum absolute atomic E-state index is 0.0838. The third kappa shape index (κ3) is 2.44. The second-order valence-electron chi connectivity index (χ2n) is 3.67. The predicted molar refractivity (Wildman–Crippen MR) is 66.3 cm³/mol. The van der Waals surface area contributed by atoms with Crippen molar-refractivity contribution in [2.45, 2.75) is 6.10 Å². The molecule has 0 radical (unpaired) electrons. The molecule has 1 unspecified atom stereocenters. The molecule has 0 saturated carbocycles. The van der Waals surface area contributed by atoms with Crippen LogP contribution in [0.15, 0.2) is 36.5 Å². The van der Waals surface area contributed by atoms with Gasteiger partial charge in [-0.1, -0.05) is 23.7 Å². The summed E-state index contributed by atoms with van der Waals surface area (Å²) in [4.78, 5) is 3.96. The number of rotatable bonds is 3. The van der Waals surface area contributed by atoms with Gasteiger partial charge >= 0.3 is 0 Å². The van der Waals surface area contributed by atoms with E-state index in [0.29, 0.717) is 10.7 Å². The summed E-state index contributed by atoms with van der Waals surface area (Å²) in [5.41, 5.74) is 0.440. The van der Waals surface area contributed by atoms with Gasteiger partial charge in [-0.15, -0.1) is 0 Å². The third-order valence-corrected chi connectivity index (χ3v) is 2.76. The first-order valence-corrected chi connectivity index (χ1v) is 5.63. The van der Waals surface area contributed by atoms with E-state index >= 15 is 0 Å². The maximum absolute atomic E-state index is 13.9. The average molecular weight is 268 g/mol. The lowest BCUT2D eigenvalue weighted by Crippen LogP contribution is -2.05. The van der Waals surface area contributed by atoms with E-state index in [-0.39, 0.29) is 11.3 Å². The summed E-state index contributed by atoms with van der Waals surface area (Å²) in [6, 6.07) is 7.72. The molecule has 0 aliphatic heterocycles. The summed E-state index contributed by atoms with van der Waals surface area (Å²) in [6.45, 7) is 0. The highest BCUT2D eigenvalue weighted by atomic mass is 35.5. The number of pyridine rings is 1. The number of ether oxygens (including phenoxy) is 1. The lowest BCUT2D eigenvalue weighted by Gasteiger charge is -2.13. The van der Waals surface area contributed by atoms with Crippen LogP contribution in [0.2, 0.25) is 5.02 Å². The van der Waals surface area contributed by atoms with Gasteiger partial charge < -0.3 is 9.84 Å². The summed E-state index contributed by atoms with van der Waals surface area (Å²) in [6.07, 6.45) is 0.246. The van der Waals surface area contributed by atoms with Crippen LogP contribution in [0, 0.1) is 5.82 Å². The van der Waals surface area contributed by atoms with Crippen molar-refractivity contribution >= 4 is 11.6 Å². The highest BCUT2D eigenvalue weighted by Gasteiger charge is 2.18. The predicted octanol–water partition coefficient (Wildman–Crippen LogP) is 2.96. The van der Waals surface area contributed by atoms with E-state index in [9.17, 15) is 9.50 Å². The molecule has 1 atom stereocenters. The molecule has 1 aromatic carbocycles. The summed E-state index contributed by atoms with van der Waals surface area (Å²) in [5.74, 6) is -0.509. The van der Waals surface area contributed by atoms with E-state index in [4.69, 9.17) is 16.3 Å². The molecular formula is C13H11ClFNO2. The van der Waals surface area contributed by atoms with Gasteiger partial charge in [-0.3, -0.25) is 4.98 Å². The molecular weight excluding hydrogens is 257 g/mol.